The Kier molecular flexibility index (Phi) is 7.50. The fourth-order valence-corrected chi connectivity index (χ4v) is 2.91. The van der Waals surface area contributed by atoms with Crippen LogP contribution in [-0.2, 0) is 6.42 Å². The van der Waals surface area contributed by atoms with Crippen molar-refractivity contribution in [3.63, 3.8) is 0 Å². The molecule has 0 unspecified atom stereocenters. The van der Waals surface area contributed by atoms with Crippen molar-refractivity contribution in [3.05, 3.63) is 95.3 Å². The monoisotopic (exact) mass is 415 g/mol. The SMILES string of the molecule is CCc1cccc(OC(=Nc2ccc(C)c(C)c2)C(C)=COc2ccc(OC)cc2)c1. The van der Waals surface area contributed by atoms with Gasteiger partial charge in [-0.05, 0) is 92.4 Å². The molecule has 0 amide bonds. The van der Waals surface area contributed by atoms with Gasteiger partial charge >= 0.3 is 0 Å². The van der Waals surface area contributed by atoms with Gasteiger partial charge in [-0.1, -0.05) is 25.1 Å². The van der Waals surface area contributed by atoms with Gasteiger partial charge in [0, 0.05) is 5.57 Å². The largest absolute Gasteiger partial charge is 0.497 e. The molecule has 0 saturated heterocycles. The van der Waals surface area contributed by atoms with Crippen molar-refractivity contribution in [3.8, 4) is 17.2 Å². The molecule has 3 aromatic carbocycles. The van der Waals surface area contributed by atoms with Crippen molar-refractivity contribution in [2.45, 2.75) is 34.1 Å². The molecule has 0 bridgehead atoms. The highest BCUT2D eigenvalue weighted by Gasteiger charge is 2.09. The second kappa shape index (κ2) is 10.5. The fourth-order valence-electron chi connectivity index (χ4n) is 2.91. The third-order valence-electron chi connectivity index (χ3n) is 5.01. The molecular formula is C27H29NO3. The van der Waals surface area contributed by atoms with Crippen LogP contribution in [0.25, 0.3) is 0 Å². The van der Waals surface area contributed by atoms with Gasteiger partial charge in [0.1, 0.15) is 17.2 Å². The molecule has 0 spiro atoms. The highest BCUT2D eigenvalue weighted by atomic mass is 16.5. The normalized spacial score (nSPS) is 11.9. The van der Waals surface area contributed by atoms with Crippen molar-refractivity contribution < 1.29 is 14.2 Å². The second-order valence-electron chi connectivity index (χ2n) is 7.38. The summed E-state index contributed by atoms with van der Waals surface area (Å²) in [5.41, 5.74) is 5.23. The maximum Gasteiger partial charge on any atom is 0.225 e. The summed E-state index contributed by atoms with van der Waals surface area (Å²) in [5.74, 6) is 2.73. The Morgan fingerprint density at radius 2 is 1.61 bits per heavy atom. The van der Waals surface area contributed by atoms with Crippen LogP contribution >= 0.6 is 0 Å². The average Bonchev–Trinajstić information content (AvgIpc) is 2.80. The molecule has 3 rings (SSSR count). The number of hydrogen-bond acceptors (Lipinski definition) is 4. The van der Waals surface area contributed by atoms with E-state index in [0.29, 0.717) is 11.6 Å². The van der Waals surface area contributed by atoms with Crippen LogP contribution in [0.5, 0.6) is 17.2 Å². The highest BCUT2D eigenvalue weighted by molar-refractivity contribution is 5.96. The minimum absolute atomic E-state index is 0.491. The molecule has 0 aliphatic carbocycles. The molecular weight excluding hydrogens is 386 g/mol. The van der Waals surface area contributed by atoms with Crippen LogP contribution < -0.4 is 14.2 Å². The number of ether oxygens (including phenoxy) is 3. The van der Waals surface area contributed by atoms with Crippen molar-refractivity contribution in [2.24, 2.45) is 4.99 Å². The van der Waals surface area contributed by atoms with Crippen molar-refractivity contribution in [1.82, 2.24) is 0 Å². The van der Waals surface area contributed by atoms with Crippen LogP contribution in [0.4, 0.5) is 5.69 Å². The summed E-state index contributed by atoms with van der Waals surface area (Å²) in [6, 6.07) is 21.6. The average molecular weight is 416 g/mol. The quantitative estimate of drug-likeness (QED) is 0.238. The van der Waals surface area contributed by atoms with Gasteiger partial charge in [-0.25, -0.2) is 4.99 Å². The van der Waals surface area contributed by atoms with E-state index in [0.717, 1.165) is 29.2 Å². The van der Waals surface area contributed by atoms with Crippen LogP contribution in [0, 0.1) is 13.8 Å². The lowest BCUT2D eigenvalue weighted by molar-refractivity contribution is 0.412. The Balaban J connectivity index is 1.90. The maximum absolute atomic E-state index is 6.20. The van der Waals surface area contributed by atoms with E-state index in [1.807, 2.05) is 55.5 Å². The van der Waals surface area contributed by atoms with Crippen LogP contribution in [0.1, 0.15) is 30.5 Å². The molecule has 0 aliphatic heterocycles. The summed E-state index contributed by atoms with van der Waals surface area (Å²) in [5, 5.41) is 0. The number of benzene rings is 3. The van der Waals surface area contributed by atoms with Crippen LogP contribution in [-0.4, -0.2) is 13.0 Å². The van der Waals surface area contributed by atoms with Crippen LogP contribution in [0.3, 0.4) is 0 Å². The third-order valence-corrected chi connectivity index (χ3v) is 5.01. The Morgan fingerprint density at radius 1 is 0.871 bits per heavy atom. The van der Waals surface area contributed by atoms with Crippen molar-refractivity contribution in [1.29, 1.82) is 0 Å². The molecule has 4 nitrogen and oxygen atoms in total. The van der Waals surface area contributed by atoms with Crippen molar-refractivity contribution in [2.75, 3.05) is 7.11 Å². The van der Waals surface area contributed by atoms with Gasteiger partial charge in [-0.3, -0.25) is 0 Å². The second-order valence-corrected chi connectivity index (χ2v) is 7.38. The van der Waals surface area contributed by atoms with Gasteiger partial charge in [0.15, 0.2) is 0 Å². The van der Waals surface area contributed by atoms with Gasteiger partial charge in [0.25, 0.3) is 0 Å². The first-order valence-corrected chi connectivity index (χ1v) is 10.4. The van der Waals surface area contributed by atoms with Crippen LogP contribution in [0.2, 0.25) is 0 Å². The topological polar surface area (TPSA) is 40.0 Å². The molecule has 160 valence electrons. The predicted octanol–water partition coefficient (Wildman–Crippen LogP) is 6.97. The number of nitrogens with zero attached hydrogens (tertiary/aromatic N) is 1. The lowest BCUT2D eigenvalue weighted by Gasteiger charge is -2.12. The summed E-state index contributed by atoms with van der Waals surface area (Å²) in [7, 11) is 1.64. The predicted molar refractivity (Wildman–Crippen MR) is 127 cm³/mol. The third kappa shape index (κ3) is 6.22. The van der Waals surface area contributed by atoms with Gasteiger partial charge in [-0.15, -0.1) is 0 Å². The smallest absolute Gasteiger partial charge is 0.225 e. The zero-order valence-electron chi connectivity index (χ0n) is 18.8. The van der Waals surface area contributed by atoms with Gasteiger partial charge in [0.2, 0.25) is 5.90 Å². The zero-order chi connectivity index (χ0) is 22.2. The van der Waals surface area contributed by atoms with E-state index in [4.69, 9.17) is 19.2 Å². The van der Waals surface area contributed by atoms with Gasteiger partial charge in [-0.2, -0.15) is 0 Å². The Labute approximate surface area is 184 Å². The van der Waals surface area contributed by atoms with E-state index >= 15 is 0 Å². The maximum atomic E-state index is 6.20. The molecule has 0 fully saturated rings. The molecule has 0 radical (unpaired) electrons. The lowest BCUT2D eigenvalue weighted by Crippen LogP contribution is -2.11. The Morgan fingerprint density at radius 3 is 2.29 bits per heavy atom. The van der Waals surface area contributed by atoms with E-state index < -0.39 is 0 Å². The molecule has 4 heteroatoms. The molecule has 0 saturated carbocycles. The number of methoxy groups -OCH3 is 1. The number of rotatable bonds is 7. The number of aliphatic imine (C=N–C) groups is 1. The summed E-state index contributed by atoms with van der Waals surface area (Å²) in [4.78, 5) is 4.78. The molecule has 0 aliphatic rings. The minimum atomic E-state index is 0.491. The molecule has 0 N–H and O–H groups in total. The fraction of sp³-hybridized carbons (Fsp3) is 0.222. The van der Waals surface area contributed by atoms with E-state index in [9.17, 15) is 0 Å². The highest BCUT2D eigenvalue weighted by Crippen LogP contribution is 2.22. The number of aryl methyl sites for hydroxylation is 3. The van der Waals surface area contributed by atoms with E-state index in [1.165, 1.54) is 16.7 Å². The lowest BCUT2D eigenvalue weighted by atomic mass is 10.1. The summed E-state index contributed by atoms with van der Waals surface area (Å²) >= 11 is 0. The molecule has 0 heterocycles. The summed E-state index contributed by atoms with van der Waals surface area (Å²) in [6.45, 7) is 8.21. The molecule has 3 aromatic rings. The molecule has 0 aromatic heterocycles. The molecule has 0 atom stereocenters. The van der Waals surface area contributed by atoms with Crippen molar-refractivity contribution >= 4 is 11.6 Å². The zero-order valence-corrected chi connectivity index (χ0v) is 18.8. The first kappa shape index (κ1) is 22.2. The first-order chi connectivity index (χ1) is 15.0. The minimum Gasteiger partial charge on any atom is -0.497 e. The standard InChI is InChI=1S/C27H29NO3/c1-6-22-8-7-9-26(17-22)31-27(28-23-11-10-19(2)20(3)16-23)21(4)18-30-25-14-12-24(29-5)13-15-25/h7-18H,6H2,1-5H3. The summed E-state index contributed by atoms with van der Waals surface area (Å²) < 4.78 is 17.2. The van der Waals surface area contributed by atoms with E-state index in [-0.39, 0.29) is 0 Å². The first-order valence-electron chi connectivity index (χ1n) is 10.4. The Hall–Kier alpha value is -3.53. The van der Waals surface area contributed by atoms with Gasteiger partial charge < -0.3 is 14.2 Å². The Bertz CT molecular complexity index is 1080. The van der Waals surface area contributed by atoms with E-state index in [2.05, 4.69) is 39.0 Å². The summed E-state index contributed by atoms with van der Waals surface area (Å²) in [6.07, 6.45) is 2.60. The number of hydrogen-bond donors (Lipinski definition) is 0. The molecule has 31 heavy (non-hydrogen) atoms. The van der Waals surface area contributed by atoms with Crippen LogP contribution in [0.15, 0.2) is 83.6 Å². The van der Waals surface area contributed by atoms with E-state index in [1.54, 1.807) is 13.4 Å². The van der Waals surface area contributed by atoms with Gasteiger partial charge in [0.05, 0.1) is 19.1 Å².